The average Bonchev–Trinajstić information content (AvgIpc) is 2.86. The molecular weight excluding hydrogens is 146 g/mol. The lowest BCUT2D eigenvalue weighted by Crippen LogP contribution is -2.37. The zero-order valence-electron chi connectivity index (χ0n) is 8.18. The molecule has 2 N–H and O–H groups in total. The molecule has 2 atom stereocenters. The molecule has 2 aliphatic carbocycles. The Morgan fingerprint density at radius 2 is 2.08 bits per heavy atom. The maximum absolute atomic E-state index is 5.94. The van der Waals surface area contributed by atoms with Gasteiger partial charge in [-0.05, 0) is 49.5 Å². The SMILES string of the molecule is CC1CCCC(CN)(C2CC2)C1. The molecule has 2 saturated carbocycles. The minimum absolute atomic E-state index is 0.581. The molecule has 0 saturated heterocycles. The first kappa shape index (κ1) is 8.55. The van der Waals surface area contributed by atoms with Gasteiger partial charge in [-0.2, -0.15) is 0 Å². The van der Waals surface area contributed by atoms with Gasteiger partial charge in [0.1, 0.15) is 0 Å². The Kier molecular flexibility index (Phi) is 2.16. The molecule has 2 fully saturated rings. The first-order chi connectivity index (χ1) is 5.77. The minimum Gasteiger partial charge on any atom is -0.330 e. The molecule has 0 aromatic carbocycles. The molecule has 2 rings (SSSR count). The van der Waals surface area contributed by atoms with Crippen molar-refractivity contribution < 1.29 is 0 Å². The van der Waals surface area contributed by atoms with Crippen molar-refractivity contribution in [3.05, 3.63) is 0 Å². The molecule has 0 spiro atoms. The van der Waals surface area contributed by atoms with Crippen molar-refractivity contribution >= 4 is 0 Å². The first-order valence-electron chi connectivity index (χ1n) is 5.47. The molecule has 12 heavy (non-hydrogen) atoms. The lowest BCUT2D eigenvalue weighted by molar-refractivity contribution is 0.126. The smallest absolute Gasteiger partial charge is 0.00178 e. The summed E-state index contributed by atoms with van der Waals surface area (Å²) in [6.45, 7) is 3.34. The van der Waals surface area contributed by atoms with Crippen molar-refractivity contribution in [2.75, 3.05) is 6.54 Å². The average molecular weight is 167 g/mol. The molecule has 0 radical (unpaired) electrons. The number of hydrogen-bond donors (Lipinski definition) is 1. The van der Waals surface area contributed by atoms with Crippen LogP contribution in [0.5, 0.6) is 0 Å². The summed E-state index contributed by atoms with van der Waals surface area (Å²) in [4.78, 5) is 0. The third kappa shape index (κ3) is 1.39. The highest BCUT2D eigenvalue weighted by molar-refractivity contribution is 4.97. The van der Waals surface area contributed by atoms with Crippen LogP contribution in [0.25, 0.3) is 0 Å². The van der Waals surface area contributed by atoms with Gasteiger partial charge in [0.15, 0.2) is 0 Å². The molecular formula is C11H21N. The Bertz CT molecular complexity index is 162. The van der Waals surface area contributed by atoms with Crippen molar-refractivity contribution in [3.8, 4) is 0 Å². The lowest BCUT2D eigenvalue weighted by atomic mass is 9.67. The quantitative estimate of drug-likeness (QED) is 0.672. The third-order valence-corrected chi connectivity index (χ3v) is 3.98. The molecule has 0 aromatic rings. The van der Waals surface area contributed by atoms with Crippen LogP contribution >= 0.6 is 0 Å². The van der Waals surface area contributed by atoms with Gasteiger partial charge in [-0.25, -0.2) is 0 Å². The van der Waals surface area contributed by atoms with E-state index in [4.69, 9.17) is 5.73 Å². The van der Waals surface area contributed by atoms with Crippen molar-refractivity contribution in [2.24, 2.45) is 23.0 Å². The van der Waals surface area contributed by atoms with E-state index in [9.17, 15) is 0 Å². The van der Waals surface area contributed by atoms with Gasteiger partial charge < -0.3 is 5.73 Å². The molecule has 0 aliphatic heterocycles. The lowest BCUT2D eigenvalue weighted by Gasteiger charge is -2.39. The van der Waals surface area contributed by atoms with Gasteiger partial charge in [0, 0.05) is 0 Å². The van der Waals surface area contributed by atoms with Gasteiger partial charge >= 0.3 is 0 Å². The normalized spacial score (nSPS) is 43.0. The summed E-state index contributed by atoms with van der Waals surface area (Å²) in [6, 6.07) is 0. The largest absolute Gasteiger partial charge is 0.330 e. The van der Waals surface area contributed by atoms with Crippen LogP contribution < -0.4 is 5.73 Å². The van der Waals surface area contributed by atoms with Crippen LogP contribution in [0.4, 0.5) is 0 Å². The predicted octanol–water partition coefficient (Wildman–Crippen LogP) is 2.55. The topological polar surface area (TPSA) is 26.0 Å². The molecule has 2 aliphatic rings. The Morgan fingerprint density at radius 1 is 1.33 bits per heavy atom. The van der Waals surface area contributed by atoms with Crippen molar-refractivity contribution in [3.63, 3.8) is 0 Å². The first-order valence-corrected chi connectivity index (χ1v) is 5.47. The van der Waals surface area contributed by atoms with E-state index in [1.807, 2.05) is 0 Å². The highest BCUT2D eigenvalue weighted by Gasteiger charge is 2.45. The van der Waals surface area contributed by atoms with E-state index in [1.165, 1.54) is 38.5 Å². The van der Waals surface area contributed by atoms with Crippen LogP contribution in [0, 0.1) is 17.3 Å². The Morgan fingerprint density at radius 3 is 2.58 bits per heavy atom. The maximum Gasteiger partial charge on any atom is -0.00178 e. The fourth-order valence-corrected chi connectivity index (χ4v) is 3.12. The van der Waals surface area contributed by atoms with Gasteiger partial charge in [0.2, 0.25) is 0 Å². The zero-order valence-corrected chi connectivity index (χ0v) is 8.18. The third-order valence-electron chi connectivity index (χ3n) is 3.98. The zero-order chi connectivity index (χ0) is 8.60. The van der Waals surface area contributed by atoms with E-state index in [0.717, 1.165) is 18.4 Å². The van der Waals surface area contributed by atoms with Crippen molar-refractivity contribution in [2.45, 2.75) is 45.4 Å². The monoisotopic (exact) mass is 167 g/mol. The Balaban J connectivity index is 2.04. The fourth-order valence-electron chi connectivity index (χ4n) is 3.12. The van der Waals surface area contributed by atoms with Gasteiger partial charge in [0.05, 0.1) is 0 Å². The standard InChI is InChI=1S/C11H21N/c1-9-3-2-6-11(7-9,8-12)10-4-5-10/h9-10H,2-8,12H2,1H3. The van der Waals surface area contributed by atoms with Crippen molar-refractivity contribution in [1.82, 2.24) is 0 Å². The van der Waals surface area contributed by atoms with Crippen molar-refractivity contribution in [1.29, 1.82) is 0 Å². The minimum atomic E-state index is 0.581. The molecule has 0 heterocycles. The summed E-state index contributed by atoms with van der Waals surface area (Å²) in [7, 11) is 0. The second-order valence-electron chi connectivity index (χ2n) is 5.04. The van der Waals surface area contributed by atoms with Crippen LogP contribution in [-0.2, 0) is 0 Å². The van der Waals surface area contributed by atoms with Gasteiger partial charge in [0.25, 0.3) is 0 Å². The summed E-state index contributed by atoms with van der Waals surface area (Å²) in [5.74, 6) is 1.94. The van der Waals surface area contributed by atoms with Gasteiger partial charge in [-0.15, -0.1) is 0 Å². The molecule has 0 bridgehead atoms. The van der Waals surface area contributed by atoms with E-state index < -0.39 is 0 Å². The number of hydrogen-bond acceptors (Lipinski definition) is 1. The number of rotatable bonds is 2. The van der Waals surface area contributed by atoms with E-state index in [1.54, 1.807) is 0 Å². The summed E-state index contributed by atoms with van der Waals surface area (Å²) >= 11 is 0. The molecule has 0 amide bonds. The predicted molar refractivity (Wildman–Crippen MR) is 51.8 cm³/mol. The second-order valence-corrected chi connectivity index (χ2v) is 5.04. The van der Waals surface area contributed by atoms with E-state index in [2.05, 4.69) is 6.92 Å². The van der Waals surface area contributed by atoms with E-state index >= 15 is 0 Å². The Labute approximate surface area is 75.7 Å². The van der Waals surface area contributed by atoms with Crippen LogP contribution in [0.1, 0.15) is 45.4 Å². The highest BCUT2D eigenvalue weighted by atomic mass is 14.6. The van der Waals surface area contributed by atoms with Crippen LogP contribution in [0.3, 0.4) is 0 Å². The summed E-state index contributed by atoms with van der Waals surface area (Å²) < 4.78 is 0. The summed E-state index contributed by atoms with van der Waals surface area (Å²) in [5.41, 5.74) is 6.52. The maximum atomic E-state index is 5.94. The van der Waals surface area contributed by atoms with Crippen LogP contribution in [-0.4, -0.2) is 6.54 Å². The van der Waals surface area contributed by atoms with Crippen LogP contribution in [0.15, 0.2) is 0 Å². The highest BCUT2D eigenvalue weighted by Crippen LogP contribution is 2.53. The molecule has 70 valence electrons. The molecule has 1 nitrogen and oxygen atoms in total. The second kappa shape index (κ2) is 3.02. The van der Waals surface area contributed by atoms with Crippen LogP contribution in [0.2, 0.25) is 0 Å². The van der Waals surface area contributed by atoms with E-state index in [-0.39, 0.29) is 0 Å². The van der Waals surface area contributed by atoms with Gasteiger partial charge in [-0.3, -0.25) is 0 Å². The van der Waals surface area contributed by atoms with Gasteiger partial charge in [-0.1, -0.05) is 19.8 Å². The summed E-state index contributed by atoms with van der Waals surface area (Å²) in [6.07, 6.45) is 8.61. The fraction of sp³-hybridized carbons (Fsp3) is 1.00. The summed E-state index contributed by atoms with van der Waals surface area (Å²) in [5, 5.41) is 0. The Hall–Kier alpha value is -0.0400. The van der Waals surface area contributed by atoms with E-state index in [0.29, 0.717) is 5.41 Å². The molecule has 1 heteroatoms. The molecule has 0 aromatic heterocycles. The molecule has 2 unspecified atom stereocenters. The number of nitrogens with two attached hydrogens (primary N) is 1.